The Morgan fingerprint density at radius 3 is 3.05 bits per heavy atom. The molecule has 1 fully saturated rings. The summed E-state index contributed by atoms with van der Waals surface area (Å²) in [5.74, 6) is 0.301. The van der Waals surface area contributed by atoms with E-state index in [0.29, 0.717) is 19.0 Å². The molecule has 0 bridgehead atoms. The van der Waals surface area contributed by atoms with Gasteiger partial charge in [0.05, 0.1) is 0 Å². The van der Waals surface area contributed by atoms with Gasteiger partial charge in [-0.2, -0.15) is 0 Å². The summed E-state index contributed by atoms with van der Waals surface area (Å²) in [5, 5.41) is 0. The van der Waals surface area contributed by atoms with Crippen LogP contribution < -0.4 is 11.2 Å². The summed E-state index contributed by atoms with van der Waals surface area (Å²) in [6.45, 7) is 3.89. The molecule has 5 nitrogen and oxygen atoms in total. The van der Waals surface area contributed by atoms with Crippen molar-refractivity contribution in [3.8, 4) is 0 Å². The largest absolute Gasteiger partial charge is 0.364 e. The van der Waals surface area contributed by atoms with Crippen LogP contribution in [0.1, 0.15) is 35.3 Å². The number of hydrogen-bond donors (Lipinski definition) is 2. The predicted octanol–water partition coefficient (Wildman–Crippen LogP) is 0.884. The van der Waals surface area contributed by atoms with Gasteiger partial charge in [0.25, 0.3) is 5.91 Å². The van der Waals surface area contributed by atoms with Crippen molar-refractivity contribution >= 4 is 5.91 Å². The van der Waals surface area contributed by atoms with Crippen LogP contribution in [0.25, 0.3) is 0 Å². The Balaban J connectivity index is 2.12. The van der Waals surface area contributed by atoms with Crippen LogP contribution in [0.4, 0.5) is 0 Å². The number of hydrogen-bond acceptors (Lipinski definition) is 3. The number of carbonyl (C=O) groups is 1. The predicted molar refractivity (Wildman–Crippen MR) is 74.1 cm³/mol. The number of nitrogens with two attached hydrogens (primary N) is 1. The van der Waals surface area contributed by atoms with Crippen LogP contribution in [-0.2, 0) is 0 Å². The summed E-state index contributed by atoms with van der Waals surface area (Å²) in [6.07, 6.45) is 4.56. The summed E-state index contributed by atoms with van der Waals surface area (Å²) >= 11 is 0. The highest BCUT2D eigenvalue weighted by Gasteiger charge is 2.25. The minimum Gasteiger partial charge on any atom is -0.364 e. The van der Waals surface area contributed by atoms with Gasteiger partial charge in [-0.05, 0) is 38.6 Å². The standard InChI is InChI=1S/C14H21N3O2/c1-10-7-13(18)12(8-16-10)14(19)17-6-2-3-11(9-17)4-5-15/h7-8,11H,2-6,9,15H2,1H3,(H,16,18). The fourth-order valence-electron chi connectivity index (χ4n) is 2.63. The molecule has 3 N–H and O–H groups in total. The Kier molecular flexibility index (Phi) is 4.37. The molecule has 1 saturated heterocycles. The maximum atomic E-state index is 12.4. The van der Waals surface area contributed by atoms with E-state index < -0.39 is 0 Å². The van der Waals surface area contributed by atoms with Crippen LogP contribution in [0.15, 0.2) is 17.1 Å². The molecule has 104 valence electrons. The van der Waals surface area contributed by atoms with Gasteiger partial charge in [-0.25, -0.2) is 0 Å². The van der Waals surface area contributed by atoms with Crippen molar-refractivity contribution in [2.24, 2.45) is 11.7 Å². The van der Waals surface area contributed by atoms with Crippen molar-refractivity contribution in [1.29, 1.82) is 0 Å². The first-order valence-electron chi connectivity index (χ1n) is 6.80. The molecule has 2 heterocycles. The Labute approximate surface area is 112 Å². The monoisotopic (exact) mass is 263 g/mol. The van der Waals surface area contributed by atoms with E-state index in [2.05, 4.69) is 4.98 Å². The van der Waals surface area contributed by atoms with Crippen LogP contribution >= 0.6 is 0 Å². The molecule has 1 amide bonds. The first kappa shape index (κ1) is 13.8. The first-order chi connectivity index (χ1) is 9.11. The molecule has 0 radical (unpaired) electrons. The lowest BCUT2D eigenvalue weighted by molar-refractivity contribution is 0.0668. The third-order valence-electron chi connectivity index (χ3n) is 3.67. The lowest BCUT2D eigenvalue weighted by atomic mass is 9.94. The van der Waals surface area contributed by atoms with Crippen LogP contribution in [0.5, 0.6) is 0 Å². The van der Waals surface area contributed by atoms with Crippen molar-refractivity contribution in [1.82, 2.24) is 9.88 Å². The number of piperidine rings is 1. The van der Waals surface area contributed by atoms with E-state index in [1.807, 2.05) is 0 Å². The molecule has 1 aliphatic heterocycles. The highest BCUT2D eigenvalue weighted by atomic mass is 16.2. The highest BCUT2D eigenvalue weighted by Crippen LogP contribution is 2.20. The van der Waals surface area contributed by atoms with Crippen molar-refractivity contribution in [2.75, 3.05) is 19.6 Å². The number of nitrogens with zero attached hydrogens (tertiary/aromatic N) is 1. The molecule has 1 aliphatic rings. The Morgan fingerprint density at radius 2 is 2.37 bits per heavy atom. The molecule has 1 aromatic heterocycles. The van der Waals surface area contributed by atoms with Crippen LogP contribution in [-0.4, -0.2) is 35.4 Å². The molecular formula is C14H21N3O2. The lowest BCUT2D eigenvalue weighted by Gasteiger charge is -2.32. The molecule has 0 aliphatic carbocycles. The highest BCUT2D eigenvalue weighted by molar-refractivity contribution is 5.93. The van der Waals surface area contributed by atoms with E-state index >= 15 is 0 Å². The van der Waals surface area contributed by atoms with Crippen molar-refractivity contribution in [2.45, 2.75) is 26.2 Å². The van der Waals surface area contributed by atoms with Gasteiger partial charge in [-0.1, -0.05) is 0 Å². The third kappa shape index (κ3) is 3.23. The zero-order valence-corrected chi connectivity index (χ0v) is 11.3. The van der Waals surface area contributed by atoms with E-state index in [4.69, 9.17) is 5.73 Å². The lowest BCUT2D eigenvalue weighted by Crippen LogP contribution is -2.42. The fourth-order valence-corrected chi connectivity index (χ4v) is 2.63. The maximum Gasteiger partial charge on any atom is 0.259 e. The quantitative estimate of drug-likeness (QED) is 0.849. The maximum absolute atomic E-state index is 12.4. The molecule has 0 spiro atoms. The Hall–Kier alpha value is -1.62. The Morgan fingerprint density at radius 1 is 1.58 bits per heavy atom. The Bertz CT molecular complexity index is 508. The van der Waals surface area contributed by atoms with E-state index in [9.17, 15) is 9.59 Å². The minimum absolute atomic E-state index is 0.164. The normalized spacial score (nSPS) is 19.5. The number of carbonyl (C=O) groups excluding carboxylic acids is 1. The molecule has 0 saturated carbocycles. The average molecular weight is 263 g/mol. The number of aryl methyl sites for hydroxylation is 1. The summed E-state index contributed by atoms with van der Waals surface area (Å²) < 4.78 is 0. The average Bonchev–Trinajstić information content (AvgIpc) is 2.39. The minimum atomic E-state index is -0.206. The molecule has 1 unspecified atom stereocenters. The van der Waals surface area contributed by atoms with Crippen LogP contribution in [0.3, 0.4) is 0 Å². The fraction of sp³-hybridized carbons (Fsp3) is 0.571. The molecule has 1 atom stereocenters. The molecule has 1 aromatic rings. The summed E-state index contributed by atoms with van der Waals surface area (Å²) in [6, 6.07) is 1.47. The number of likely N-dealkylation sites (tertiary alicyclic amines) is 1. The first-order valence-corrected chi connectivity index (χ1v) is 6.80. The van der Waals surface area contributed by atoms with Gasteiger partial charge in [0, 0.05) is 31.0 Å². The van der Waals surface area contributed by atoms with Gasteiger partial charge in [0.1, 0.15) is 5.56 Å². The molecule has 19 heavy (non-hydrogen) atoms. The number of pyridine rings is 1. The number of aromatic nitrogens is 1. The van der Waals surface area contributed by atoms with E-state index in [1.54, 1.807) is 11.8 Å². The van der Waals surface area contributed by atoms with Gasteiger partial charge < -0.3 is 15.6 Å². The van der Waals surface area contributed by atoms with E-state index in [-0.39, 0.29) is 16.9 Å². The second-order valence-corrected chi connectivity index (χ2v) is 5.23. The van der Waals surface area contributed by atoms with Crippen molar-refractivity contribution < 1.29 is 4.79 Å². The molecule has 5 heteroatoms. The summed E-state index contributed by atoms with van der Waals surface area (Å²) in [7, 11) is 0. The molecule has 2 rings (SSSR count). The SMILES string of the molecule is Cc1cc(=O)c(C(=O)N2CCCC(CCN)C2)c[nH]1. The number of H-pyrrole nitrogens is 1. The van der Waals surface area contributed by atoms with Gasteiger partial charge in [0.15, 0.2) is 5.43 Å². The van der Waals surface area contributed by atoms with Crippen molar-refractivity contribution in [3.05, 3.63) is 33.7 Å². The van der Waals surface area contributed by atoms with Gasteiger partial charge in [-0.3, -0.25) is 9.59 Å². The summed E-state index contributed by atoms with van der Waals surface area (Å²) in [4.78, 5) is 28.9. The topological polar surface area (TPSA) is 79.2 Å². The summed E-state index contributed by atoms with van der Waals surface area (Å²) in [5.41, 5.74) is 6.37. The van der Waals surface area contributed by atoms with Gasteiger partial charge >= 0.3 is 0 Å². The van der Waals surface area contributed by atoms with Gasteiger partial charge in [-0.15, -0.1) is 0 Å². The molecule has 0 aromatic carbocycles. The number of nitrogens with one attached hydrogen (secondary N) is 1. The van der Waals surface area contributed by atoms with Crippen molar-refractivity contribution in [3.63, 3.8) is 0 Å². The second-order valence-electron chi connectivity index (χ2n) is 5.23. The van der Waals surface area contributed by atoms with E-state index in [0.717, 1.165) is 31.5 Å². The van der Waals surface area contributed by atoms with Gasteiger partial charge in [0.2, 0.25) is 0 Å². The van der Waals surface area contributed by atoms with Crippen LogP contribution in [0, 0.1) is 12.8 Å². The van der Waals surface area contributed by atoms with Crippen LogP contribution in [0.2, 0.25) is 0 Å². The zero-order valence-electron chi connectivity index (χ0n) is 11.3. The number of amides is 1. The number of rotatable bonds is 3. The second kappa shape index (κ2) is 6.02. The number of aromatic amines is 1. The van der Waals surface area contributed by atoms with E-state index in [1.165, 1.54) is 12.3 Å². The smallest absolute Gasteiger partial charge is 0.259 e. The zero-order chi connectivity index (χ0) is 13.8. The third-order valence-corrected chi connectivity index (χ3v) is 3.67. The molecular weight excluding hydrogens is 242 g/mol.